The van der Waals surface area contributed by atoms with Crippen molar-refractivity contribution < 1.29 is 4.74 Å². The molecule has 0 bridgehead atoms. The average molecular weight is 239 g/mol. The largest absolute Gasteiger partial charge is 0.382 e. The van der Waals surface area contributed by atoms with Crippen LogP contribution >= 0.6 is 0 Å². The van der Waals surface area contributed by atoms with E-state index in [1.54, 1.807) is 0 Å². The minimum absolute atomic E-state index is 0.685. The molecule has 0 saturated heterocycles. The normalized spacial score (nSPS) is 11.3. The molecule has 0 unspecified atom stereocenters. The summed E-state index contributed by atoms with van der Waals surface area (Å²) in [5.74, 6) is 0.685. The standard InChI is InChI=1S/C13H25N3O/c1-4-17-7-5-6-16-11-15-10-13(16)9-14-8-12(2)3/h10-12,14H,4-9H2,1-3H3. The molecule has 0 aliphatic rings. The molecule has 4 nitrogen and oxygen atoms in total. The van der Waals surface area contributed by atoms with Gasteiger partial charge in [0.15, 0.2) is 0 Å². The first-order chi connectivity index (χ1) is 8.24. The maximum atomic E-state index is 5.33. The van der Waals surface area contributed by atoms with Gasteiger partial charge >= 0.3 is 0 Å². The Morgan fingerprint density at radius 1 is 1.47 bits per heavy atom. The lowest BCUT2D eigenvalue weighted by Gasteiger charge is -2.10. The van der Waals surface area contributed by atoms with Crippen molar-refractivity contribution in [2.75, 3.05) is 19.8 Å². The maximum absolute atomic E-state index is 5.33. The van der Waals surface area contributed by atoms with E-state index in [0.29, 0.717) is 5.92 Å². The van der Waals surface area contributed by atoms with Gasteiger partial charge < -0.3 is 14.6 Å². The van der Waals surface area contributed by atoms with Crippen molar-refractivity contribution in [3.63, 3.8) is 0 Å². The molecule has 0 radical (unpaired) electrons. The van der Waals surface area contributed by atoms with Crippen LogP contribution in [0.25, 0.3) is 0 Å². The second kappa shape index (κ2) is 8.25. The molecule has 0 atom stereocenters. The minimum atomic E-state index is 0.685. The highest BCUT2D eigenvalue weighted by molar-refractivity contribution is 4.97. The minimum Gasteiger partial charge on any atom is -0.382 e. The highest BCUT2D eigenvalue weighted by atomic mass is 16.5. The van der Waals surface area contributed by atoms with Gasteiger partial charge in [0.2, 0.25) is 0 Å². The van der Waals surface area contributed by atoms with Gasteiger partial charge in [0, 0.05) is 32.5 Å². The van der Waals surface area contributed by atoms with Crippen LogP contribution in [0, 0.1) is 5.92 Å². The fraction of sp³-hybridized carbons (Fsp3) is 0.769. The fourth-order valence-electron chi connectivity index (χ4n) is 1.67. The Bertz CT molecular complexity index is 297. The summed E-state index contributed by atoms with van der Waals surface area (Å²) in [7, 11) is 0. The Kier molecular flexibility index (Phi) is 6.89. The molecule has 4 heteroatoms. The first kappa shape index (κ1) is 14.2. The van der Waals surface area contributed by atoms with Gasteiger partial charge in [0.1, 0.15) is 0 Å². The summed E-state index contributed by atoms with van der Waals surface area (Å²) in [6.45, 7) is 11.0. The number of imidazole rings is 1. The number of hydrogen-bond donors (Lipinski definition) is 1. The molecule has 0 spiro atoms. The van der Waals surface area contributed by atoms with E-state index in [0.717, 1.165) is 39.3 Å². The molecule has 1 rings (SSSR count). The van der Waals surface area contributed by atoms with Gasteiger partial charge in [-0.3, -0.25) is 0 Å². The number of ether oxygens (including phenoxy) is 1. The van der Waals surface area contributed by atoms with Crippen LogP contribution in [0.2, 0.25) is 0 Å². The number of nitrogens with one attached hydrogen (secondary N) is 1. The number of hydrogen-bond acceptors (Lipinski definition) is 3. The monoisotopic (exact) mass is 239 g/mol. The quantitative estimate of drug-likeness (QED) is 0.670. The molecular formula is C13H25N3O. The highest BCUT2D eigenvalue weighted by Gasteiger charge is 2.02. The number of aromatic nitrogens is 2. The van der Waals surface area contributed by atoms with E-state index in [1.807, 2.05) is 19.4 Å². The summed E-state index contributed by atoms with van der Waals surface area (Å²) in [5.41, 5.74) is 1.25. The van der Waals surface area contributed by atoms with E-state index < -0.39 is 0 Å². The van der Waals surface area contributed by atoms with Crippen molar-refractivity contribution in [2.24, 2.45) is 5.92 Å². The van der Waals surface area contributed by atoms with E-state index in [1.165, 1.54) is 5.69 Å². The highest BCUT2D eigenvalue weighted by Crippen LogP contribution is 2.01. The Morgan fingerprint density at radius 3 is 3.00 bits per heavy atom. The third kappa shape index (κ3) is 5.84. The van der Waals surface area contributed by atoms with Crippen LogP contribution in [0.15, 0.2) is 12.5 Å². The third-order valence-electron chi connectivity index (χ3n) is 2.55. The Morgan fingerprint density at radius 2 is 2.29 bits per heavy atom. The Balaban J connectivity index is 2.27. The molecular weight excluding hydrogens is 214 g/mol. The van der Waals surface area contributed by atoms with Crippen molar-refractivity contribution in [2.45, 2.75) is 40.3 Å². The molecule has 98 valence electrons. The average Bonchev–Trinajstić information content (AvgIpc) is 2.72. The SMILES string of the molecule is CCOCCCn1cncc1CNCC(C)C. The molecule has 0 fully saturated rings. The van der Waals surface area contributed by atoms with Gasteiger partial charge in [-0.25, -0.2) is 4.98 Å². The van der Waals surface area contributed by atoms with Crippen molar-refractivity contribution in [1.29, 1.82) is 0 Å². The van der Waals surface area contributed by atoms with E-state index in [9.17, 15) is 0 Å². The van der Waals surface area contributed by atoms with Crippen LogP contribution in [-0.2, 0) is 17.8 Å². The van der Waals surface area contributed by atoms with Gasteiger partial charge in [0.25, 0.3) is 0 Å². The summed E-state index contributed by atoms with van der Waals surface area (Å²) >= 11 is 0. The van der Waals surface area contributed by atoms with Crippen LogP contribution in [0.3, 0.4) is 0 Å². The molecule has 1 aromatic heterocycles. The topological polar surface area (TPSA) is 39.1 Å². The van der Waals surface area contributed by atoms with Gasteiger partial charge in [-0.2, -0.15) is 0 Å². The summed E-state index contributed by atoms with van der Waals surface area (Å²) in [6.07, 6.45) is 4.88. The molecule has 0 saturated carbocycles. The first-order valence-corrected chi connectivity index (χ1v) is 6.51. The Hall–Kier alpha value is -0.870. The van der Waals surface area contributed by atoms with Crippen LogP contribution in [0.1, 0.15) is 32.9 Å². The van der Waals surface area contributed by atoms with Gasteiger partial charge in [-0.15, -0.1) is 0 Å². The maximum Gasteiger partial charge on any atom is 0.0948 e. The van der Waals surface area contributed by atoms with E-state index in [-0.39, 0.29) is 0 Å². The number of rotatable bonds is 9. The molecule has 1 N–H and O–H groups in total. The van der Waals surface area contributed by atoms with Crippen LogP contribution in [0.5, 0.6) is 0 Å². The van der Waals surface area contributed by atoms with Crippen molar-refractivity contribution in [3.05, 3.63) is 18.2 Å². The molecule has 0 aliphatic carbocycles. The second-order valence-corrected chi connectivity index (χ2v) is 4.65. The van der Waals surface area contributed by atoms with Gasteiger partial charge in [0.05, 0.1) is 12.0 Å². The zero-order valence-corrected chi connectivity index (χ0v) is 11.3. The number of aryl methyl sites for hydroxylation is 1. The molecule has 0 amide bonds. The zero-order chi connectivity index (χ0) is 12.5. The predicted octanol–water partition coefficient (Wildman–Crippen LogP) is 2.06. The predicted molar refractivity (Wildman–Crippen MR) is 69.9 cm³/mol. The Labute approximate surface area is 104 Å². The van der Waals surface area contributed by atoms with Crippen molar-refractivity contribution in [3.8, 4) is 0 Å². The van der Waals surface area contributed by atoms with Crippen LogP contribution in [0.4, 0.5) is 0 Å². The molecule has 1 heterocycles. The first-order valence-electron chi connectivity index (χ1n) is 6.51. The molecule has 0 aromatic carbocycles. The second-order valence-electron chi connectivity index (χ2n) is 4.65. The van der Waals surface area contributed by atoms with E-state index in [2.05, 4.69) is 28.7 Å². The lowest BCUT2D eigenvalue weighted by atomic mass is 10.2. The molecule has 1 aromatic rings. The van der Waals surface area contributed by atoms with Gasteiger partial charge in [-0.05, 0) is 25.8 Å². The summed E-state index contributed by atoms with van der Waals surface area (Å²) in [4.78, 5) is 4.20. The zero-order valence-electron chi connectivity index (χ0n) is 11.3. The summed E-state index contributed by atoms with van der Waals surface area (Å²) < 4.78 is 7.54. The van der Waals surface area contributed by atoms with Crippen LogP contribution in [-0.4, -0.2) is 29.3 Å². The smallest absolute Gasteiger partial charge is 0.0948 e. The van der Waals surface area contributed by atoms with E-state index in [4.69, 9.17) is 4.74 Å². The van der Waals surface area contributed by atoms with Gasteiger partial charge in [-0.1, -0.05) is 13.8 Å². The summed E-state index contributed by atoms with van der Waals surface area (Å²) in [5, 5.41) is 3.44. The van der Waals surface area contributed by atoms with Crippen LogP contribution < -0.4 is 5.32 Å². The van der Waals surface area contributed by atoms with Crippen molar-refractivity contribution in [1.82, 2.24) is 14.9 Å². The van der Waals surface area contributed by atoms with Crippen molar-refractivity contribution >= 4 is 0 Å². The third-order valence-corrected chi connectivity index (χ3v) is 2.55. The number of nitrogens with zero attached hydrogens (tertiary/aromatic N) is 2. The lowest BCUT2D eigenvalue weighted by molar-refractivity contribution is 0.141. The lowest BCUT2D eigenvalue weighted by Crippen LogP contribution is -2.21. The molecule has 0 aliphatic heterocycles. The molecule has 17 heavy (non-hydrogen) atoms. The summed E-state index contributed by atoms with van der Waals surface area (Å²) in [6, 6.07) is 0. The van der Waals surface area contributed by atoms with E-state index >= 15 is 0 Å². The fourth-order valence-corrected chi connectivity index (χ4v) is 1.67.